The Balaban J connectivity index is 2.15. The molecule has 1 unspecified atom stereocenters. The maximum atomic E-state index is 12.7. The maximum Gasteiger partial charge on any atom is 0.257 e. The van der Waals surface area contributed by atoms with E-state index in [4.69, 9.17) is 0 Å². The molecule has 5 nitrogen and oxygen atoms in total. The van der Waals surface area contributed by atoms with E-state index >= 15 is 0 Å². The Morgan fingerprint density at radius 2 is 2.29 bits per heavy atom. The van der Waals surface area contributed by atoms with Crippen LogP contribution in [0.4, 0.5) is 5.69 Å². The lowest BCUT2D eigenvalue weighted by Gasteiger charge is -2.21. The summed E-state index contributed by atoms with van der Waals surface area (Å²) in [5.74, 6) is 0.0884. The zero-order valence-electron chi connectivity index (χ0n) is 13.5. The van der Waals surface area contributed by atoms with Gasteiger partial charge in [-0.2, -0.15) is 0 Å². The number of hydrogen-bond donors (Lipinski definition) is 1. The van der Waals surface area contributed by atoms with Crippen molar-refractivity contribution in [1.29, 1.82) is 0 Å². The first-order chi connectivity index (χ1) is 10.0. The van der Waals surface area contributed by atoms with Gasteiger partial charge >= 0.3 is 0 Å². The Labute approximate surface area is 127 Å². The molecule has 1 N–H and O–H groups in total. The molecule has 1 aliphatic heterocycles. The van der Waals surface area contributed by atoms with Crippen molar-refractivity contribution in [2.75, 3.05) is 39.0 Å². The molecule has 0 aromatic carbocycles. The topological polar surface area (TPSA) is 48.5 Å². The molecule has 2 heterocycles. The van der Waals surface area contributed by atoms with Crippen LogP contribution in [-0.4, -0.2) is 60.5 Å². The molecule has 1 fully saturated rings. The molecule has 1 aromatic rings. The van der Waals surface area contributed by atoms with Gasteiger partial charge in [0.05, 0.1) is 11.3 Å². The third kappa shape index (κ3) is 3.73. The van der Waals surface area contributed by atoms with Crippen LogP contribution < -0.4 is 5.32 Å². The molecule has 1 aliphatic rings. The Morgan fingerprint density at radius 3 is 2.90 bits per heavy atom. The Bertz CT molecular complexity index is 501. The zero-order valence-corrected chi connectivity index (χ0v) is 13.5. The van der Waals surface area contributed by atoms with Crippen LogP contribution in [0, 0.1) is 6.92 Å². The smallest absolute Gasteiger partial charge is 0.257 e. The number of hydrogen-bond acceptors (Lipinski definition) is 4. The number of carbonyl (C=O) groups excluding carboxylic acids is 1. The molecule has 1 amide bonds. The van der Waals surface area contributed by atoms with Gasteiger partial charge in [-0.1, -0.05) is 6.92 Å². The van der Waals surface area contributed by atoms with Crippen molar-refractivity contribution in [2.45, 2.75) is 32.7 Å². The molecule has 116 valence electrons. The summed E-state index contributed by atoms with van der Waals surface area (Å²) in [5.41, 5.74) is 2.52. The number of likely N-dealkylation sites (N-methyl/N-ethyl adjacent to an activating group) is 1. The standard InChI is InChI=1S/C16H26N4O/c1-5-7-17-15-9-12(2)18-10-14(15)16(21)20-8-6-13(11-20)19(3)4/h9-10,13H,5-8,11H2,1-4H3,(H,17,18). The van der Waals surface area contributed by atoms with Crippen molar-refractivity contribution in [2.24, 2.45) is 0 Å². The van der Waals surface area contributed by atoms with Gasteiger partial charge in [0.1, 0.15) is 0 Å². The Kier molecular flexibility index (Phi) is 5.17. The van der Waals surface area contributed by atoms with Crippen LogP contribution in [0.25, 0.3) is 0 Å². The molecule has 1 atom stereocenters. The van der Waals surface area contributed by atoms with Crippen LogP contribution in [0.5, 0.6) is 0 Å². The van der Waals surface area contributed by atoms with Gasteiger partial charge in [0.15, 0.2) is 0 Å². The quantitative estimate of drug-likeness (QED) is 0.901. The second kappa shape index (κ2) is 6.89. The number of anilines is 1. The number of pyridine rings is 1. The third-order valence-corrected chi connectivity index (χ3v) is 4.02. The molecule has 0 saturated carbocycles. The van der Waals surface area contributed by atoms with Gasteiger partial charge in [-0.25, -0.2) is 0 Å². The van der Waals surface area contributed by atoms with E-state index in [2.05, 4.69) is 36.2 Å². The van der Waals surface area contributed by atoms with Crippen LogP contribution in [0.3, 0.4) is 0 Å². The van der Waals surface area contributed by atoms with Crippen molar-refractivity contribution in [3.63, 3.8) is 0 Å². The molecule has 1 aromatic heterocycles. The summed E-state index contributed by atoms with van der Waals surface area (Å²) >= 11 is 0. The zero-order chi connectivity index (χ0) is 15.4. The van der Waals surface area contributed by atoms with Crippen molar-refractivity contribution in [1.82, 2.24) is 14.8 Å². The first kappa shape index (κ1) is 15.8. The van der Waals surface area contributed by atoms with E-state index in [1.54, 1.807) is 6.20 Å². The second-order valence-corrected chi connectivity index (χ2v) is 5.96. The van der Waals surface area contributed by atoms with Crippen LogP contribution in [0.15, 0.2) is 12.3 Å². The lowest BCUT2D eigenvalue weighted by atomic mass is 10.2. The largest absolute Gasteiger partial charge is 0.384 e. The van der Waals surface area contributed by atoms with Gasteiger partial charge in [0.25, 0.3) is 5.91 Å². The number of amides is 1. The molecule has 21 heavy (non-hydrogen) atoms. The van der Waals surface area contributed by atoms with E-state index in [9.17, 15) is 4.79 Å². The normalized spacial score (nSPS) is 18.3. The number of nitrogens with one attached hydrogen (secondary N) is 1. The molecule has 2 rings (SSSR count). The Morgan fingerprint density at radius 1 is 1.52 bits per heavy atom. The van der Waals surface area contributed by atoms with Gasteiger partial charge in [-0.15, -0.1) is 0 Å². The highest BCUT2D eigenvalue weighted by Gasteiger charge is 2.29. The van der Waals surface area contributed by atoms with Crippen LogP contribution in [0.1, 0.15) is 35.8 Å². The summed E-state index contributed by atoms with van der Waals surface area (Å²) in [5, 5.41) is 3.34. The summed E-state index contributed by atoms with van der Waals surface area (Å²) in [6.07, 6.45) is 3.77. The fourth-order valence-electron chi connectivity index (χ4n) is 2.65. The van der Waals surface area contributed by atoms with Crippen LogP contribution >= 0.6 is 0 Å². The Hall–Kier alpha value is -1.62. The van der Waals surface area contributed by atoms with Crippen molar-refractivity contribution >= 4 is 11.6 Å². The second-order valence-electron chi connectivity index (χ2n) is 5.96. The predicted molar refractivity (Wildman–Crippen MR) is 85.8 cm³/mol. The average molecular weight is 290 g/mol. The van der Waals surface area contributed by atoms with E-state index in [1.165, 1.54) is 0 Å². The molecule has 5 heteroatoms. The number of nitrogens with zero attached hydrogens (tertiary/aromatic N) is 3. The SMILES string of the molecule is CCCNc1cc(C)ncc1C(=O)N1CCC(N(C)C)C1. The van der Waals surface area contributed by atoms with Gasteiger partial charge in [0.2, 0.25) is 0 Å². The highest BCUT2D eigenvalue weighted by atomic mass is 16.2. The van der Waals surface area contributed by atoms with E-state index < -0.39 is 0 Å². The van der Waals surface area contributed by atoms with Gasteiger partial charge in [-0.3, -0.25) is 9.78 Å². The van der Waals surface area contributed by atoms with Crippen LogP contribution in [0.2, 0.25) is 0 Å². The molecular weight excluding hydrogens is 264 g/mol. The van der Waals surface area contributed by atoms with E-state index in [0.717, 1.165) is 43.9 Å². The molecule has 0 spiro atoms. The highest BCUT2D eigenvalue weighted by Crippen LogP contribution is 2.21. The minimum Gasteiger partial charge on any atom is -0.384 e. The van der Waals surface area contributed by atoms with Crippen molar-refractivity contribution in [3.8, 4) is 0 Å². The lowest BCUT2D eigenvalue weighted by Crippen LogP contribution is -2.34. The van der Waals surface area contributed by atoms with Gasteiger partial charge in [-0.05, 0) is 39.9 Å². The van der Waals surface area contributed by atoms with E-state index in [1.807, 2.05) is 17.9 Å². The molecular formula is C16H26N4O. The van der Waals surface area contributed by atoms with Crippen molar-refractivity contribution < 1.29 is 4.79 Å². The fourth-order valence-corrected chi connectivity index (χ4v) is 2.65. The first-order valence-electron chi connectivity index (χ1n) is 7.69. The van der Waals surface area contributed by atoms with Crippen molar-refractivity contribution in [3.05, 3.63) is 23.5 Å². The van der Waals surface area contributed by atoms with Crippen LogP contribution in [-0.2, 0) is 0 Å². The number of carbonyl (C=O) groups is 1. The number of likely N-dealkylation sites (tertiary alicyclic amines) is 1. The average Bonchev–Trinajstić information content (AvgIpc) is 2.94. The third-order valence-electron chi connectivity index (χ3n) is 4.02. The fraction of sp³-hybridized carbons (Fsp3) is 0.625. The lowest BCUT2D eigenvalue weighted by molar-refractivity contribution is 0.0783. The van der Waals surface area contributed by atoms with Gasteiger partial charge in [0, 0.05) is 37.6 Å². The maximum absolute atomic E-state index is 12.7. The molecule has 0 radical (unpaired) electrons. The molecule has 0 bridgehead atoms. The number of aryl methyl sites for hydroxylation is 1. The number of aromatic nitrogens is 1. The minimum absolute atomic E-state index is 0.0884. The summed E-state index contributed by atoms with van der Waals surface area (Å²) < 4.78 is 0. The highest BCUT2D eigenvalue weighted by molar-refractivity contribution is 5.99. The molecule has 1 saturated heterocycles. The summed E-state index contributed by atoms with van der Waals surface area (Å²) in [6, 6.07) is 2.42. The summed E-state index contributed by atoms with van der Waals surface area (Å²) in [6.45, 7) is 6.55. The van der Waals surface area contributed by atoms with E-state index in [0.29, 0.717) is 11.6 Å². The van der Waals surface area contributed by atoms with E-state index in [-0.39, 0.29) is 5.91 Å². The summed E-state index contributed by atoms with van der Waals surface area (Å²) in [7, 11) is 4.14. The predicted octanol–water partition coefficient (Wildman–Crippen LogP) is 1.99. The first-order valence-corrected chi connectivity index (χ1v) is 7.69. The molecule has 0 aliphatic carbocycles. The minimum atomic E-state index is 0.0884. The monoisotopic (exact) mass is 290 g/mol. The summed E-state index contributed by atoms with van der Waals surface area (Å²) in [4.78, 5) is 21.2. The van der Waals surface area contributed by atoms with Gasteiger partial charge < -0.3 is 15.1 Å². The number of rotatable bonds is 5.